The highest BCUT2D eigenvalue weighted by atomic mass is 79.9. The van der Waals surface area contributed by atoms with Crippen LogP contribution in [0.2, 0.25) is 0 Å². The molecule has 58 valence electrons. The van der Waals surface area contributed by atoms with Crippen LogP contribution in [0, 0.1) is 0 Å². The van der Waals surface area contributed by atoms with E-state index in [1.807, 2.05) is 12.1 Å². The van der Waals surface area contributed by atoms with Gasteiger partial charge in [0.05, 0.1) is 9.70 Å². The molecule has 1 aliphatic carbocycles. The summed E-state index contributed by atoms with van der Waals surface area (Å²) in [6.07, 6.45) is 1.83. The first kappa shape index (κ1) is 7.50. The summed E-state index contributed by atoms with van der Waals surface area (Å²) in [5.74, 6) is 0.630. The summed E-state index contributed by atoms with van der Waals surface area (Å²) in [4.78, 5) is 12.2. The Morgan fingerprint density at radius 2 is 2.36 bits per heavy atom. The van der Waals surface area contributed by atoms with E-state index >= 15 is 0 Å². The largest absolute Gasteiger partial charge is 0.299 e. The van der Waals surface area contributed by atoms with E-state index in [2.05, 4.69) is 15.9 Å². The fourth-order valence-corrected chi connectivity index (χ4v) is 2.80. The molecule has 1 unspecified atom stereocenters. The highest BCUT2D eigenvalue weighted by Crippen LogP contribution is 2.38. The zero-order valence-electron chi connectivity index (χ0n) is 5.84. The average Bonchev–Trinajstić information content (AvgIpc) is 2.33. The van der Waals surface area contributed by atoms with Crippen LogP contribution in [0.25, 0.3) is 0 Å². The number of thiophene rings is 1. The van der Waals surface area contributed by atoms with Gasteiger partial charge in [0.1, 0.15) is 5.78 Å². The maximum absolute atomic E-state index is 11.0. The second-order valence-corrected chi connectivity index (χ2v) is 5.19. The van der Waals surface area contributed by atoms with Gasteiger partial charge in [-0.3, -0.25) is 4.79 Å². The zero-order chi connectivity index (χ0) is 7.84. The lowest BCUT2D eigenvalue weighted by Gasteiger charge is -2.21. The molecule has 1 aromatic heterocycles. The summed E-state index contributed by atoms with van der Waals surface area (Å²) in [6.45, 7) is 0. The standard InChI is InChI=1S/C8H7BrOS/c9-8-4-3-7(11-8)5-1-2-6(5)10/h3-5H,1-2H2. The quantitative estimate of drug-likeness (QED) is 0.726. The van der Waals surface area contributed by atoms with E-state index in [1.165, 1.54) is 4.88 Å². The van der Waals surface area contributed by atoms with Gasteiger partial charge in [0.15, 0.2) is 0 Å². The lowest BCUT2D eigenvalue weighted by atomic mass is 9.83. The summed E-state index contributed by atoms with van der Waals surface area (Å²) in [5.41, 5.74) is 0. The van der Waals surface area contributed by atoms with Crippen LogP contribution in [0.3, 0.4) is 0 Å². The van der Waals surface area contributed by atoms with Gasteiger partial charge in [-0.2, -0.15) is 0 Å². The monoisotopic (exact) mass is 230 g/mol. The molecule has 0 N–H and O–H groups in total. The van der Waals surface area contributed by atoms with Crippen LogP contribution in [-0.4, -0.2) is 5.78 Å². The fraction of sp³-hybridized carbons (Fsp3) is 0.375. The summed E-state index contributed by atoms with van der Waals surface area (Å²) in [6, 6.07) is 4.04. The third-order valence-electron chi connectivity index (χ3n) is 2.01. The topological polar surface area (TPSA) is 17.1 Å². The second kappa shape index (κ2) is 2.72. The van der Waals surface area contributed by atoms with E-state index in [9.17, 15) is 4.79 Å². The SMILES string of the molecule is O=C1CCC1c1ccc(Br)s1. The van der Waals surface area contributed by atoms with Gasteiger partial charge in [-0.05, 0) is 34.5 Å². The molecule has 0 radical (unpaired) electrons. The summed E-state index contributed by atoms with van der Waals surface area (Å²) < 4.78 is 1.12. The molecule has 0 aliphatic heterocycles. The molecular formula is C8H7BrOS. The first-order chi connectivity index (χ1) is 5.27. The van der Waals surface area contributed by atoms with Crippen LogP contribution in [0.1, 0.15) is 23.6 Å². The second-order valence-electron chi connectivity index (χ2n) is 2.70. The van der Waals surface area contributed by atoms with E-state index in [1.54, 1.807) is 11.3 Å². The average molecular weight is 231 g/mol. The Labute approximate surface area is 77.6 Å². The van der Waals surface area contributed by atoms with Gasteiger partial charge in [-0.15, -0.1) is 11.3 Å². The molecule has 3 heteroatoms. The zero-order valence-corrected chi connectivity index (χ0v) is 8.24. The van der Waals surface area contributed by atoms with Gasteiger partial charge in [-0.1, -0.05) is 0 Å². The Bertz CT molecular complexity index is 292. The lowest BCUT2D eigenvalue weighted by Crippen LogP contribution is -2.21. The first-order valence-corrected chi connectivity index (χ1v) is 5.16. The third-order valence-corrected chi connectivity index (χ3v) is 3.74. The molecule has 1 heterocycles. The van der Waals surface area contributed by atoms with Crippen molar-refractivity contribution in [1.82, 2.24) is 0 Å². The molecule has 1 fully saturated rings. The van der Waals surface area contributed by atoms with Gasteiger partial charge in [0, 0.05) is 11.3 Å². The molecule has 11 heavy (non-hydrogen) atoms. The predicted octanol–water partition coefficient (Wildman–Crippen LogP) is 2.96. The molecule has 1 nitrogen and oxygen atoms in total. The Morgan fingerprint density at radius 3 is 2.73 bits per heavy atom. The maximum atomic E-state index is 11.0. The summed E-state index contributed by atoms with van der Waals surface area (Å²) in [7, 11) is 0. The molecule has 0 saturated heterocycles. The van der Waals surface area contributed by atoms with E-state index in [0.717, 1.165) is 16.6 Å². The van der Waals surface area contributed by atoms with E-state index in [4.69, 9.17) is 0 Å². The number of Topliss-reactive ketones (excluding diaryl/α,β-unsaturated/α-hetero) is 1. The number of carbonyl (C=O) groups excluding carboxylic acids is 1. The molecule has 0 amide bonds. The maximum Gasteiger partial charge on any atom is 0.141 e. The number of carbonyl (C=O) groups is 1. The highest BCUT2D eigenvalue weighted by Gasteiger charge is 2.30. The van der Waals surface area contributed by atoms with Crippen molar-refractivity contribution in [3.63, 3.8) is 0 Å². The molecule has 1 aromatic rings. The van der Waals surface area contributed by atoms with Crippen molar-refractivity contribution < 1.29 is 4.79 Å². The lowest BCUT2D eigenvalue weighted by molar-refractivity contribution is -0.125. The molecule has 0 aromatic carbocycles. The first-order valence-electron chi connectivity index (χ1n) is 3.55. The van der Waals surface area contributed by atoms with E-state index in [-0.39, 0.29) is 5.92 Å². The molecular weight excluding hydrogens is 224 g/mol. The molecule has 1 atom stereocenters. The molecule has 1 saturated carbocycles. The number of ketones is 1. The van der Waals surface area contributed by atoms with Crippen molar-refractivity contribution in [1.29, 1.82) is 0 Å². The molecule has 0 spiro atoms. The number of halogens is 1. The molecule has 1 aliphatic rings. The fourth-order valence-electron chi connectivity index (χ4n) is 1.22. The predicted molar refractivity (Wildman–Crippen MR) is 49.0 cm³/mol. The minimum atomic E-state index is 0.228. The highest BCUT2D eigenvalue weighted by molar-refractivity contribution is 9.11. The van der Waals surface area contributed by atoms with Crippen molar-refractivity contribution in [3.05, 3.63) is 20.8 Å². The third kappa shape index (κ3) is 1.27. The van der Waals surface area contributed by atoms with Gasteiger partial charge < -0.3 is 0 Å². The van der Waals surface area contributed by atoms with Crippen LogP contribution in [0.5, 0.6) is 0 Å². The van der Waals surface area contributed by atoms with Crippen LogP contribution in [-0.2, 0) is 4.79 Å². The van der Waals surface area contributed by atoms with Crippen LogP contribution in [0.15, 0.2) is 15.9 Å². The van der Waals surface area contributed by atoms with Gasteiger partial charge in [0.25, 0.3) is 0 Å². The summed E-state index contributed by atoms with van der Waals surface area (Å²) in [5, 5.41) is 0. The number of rotatable bonds is 1. The summed E-state index contributed by atoms with van der Waals surface area (Å²) >= 11 is 5.05. The smallest absolute Gasteiger partial charge is 0.141 e. The van der Waals surface area contributed by atoms with Gasteiger partial charge in [-0.25, -0.2) is 0 Å². The normalized spacial score (nSPS) is 23.4. The van der Waals surface area contributed by atoms with Crippen molar-refractivity contribution in [3.8, 4) is 0 Å². The Morgan fingerprint density at radius 1 is 1.55 bits per heavy atom. The number of hydrogen-bond acceptors (Lipinski definition) is 2. The van der Waals surface area contributed by atoms with Crippen LogP contribution in [0.4, 0.5) is 0 Å². The Hall–Kier alpha value is -0.150. The molecule has 2 rings (SSSR count). The minimum Gasteiger partial charge on any atom is -0.299 e. The number of hydrogen-bond donors (Lipinski definition) is 0. The Kier molecular flexibility index (Phi) is 1.85. The van der Waals surface area contributed by atoms with Crippen molar-refractivity contribution in [2.24, 2.45) is 0 Å². The molecule has 0 bridgehead atoms. The van der Waals surface area contributed by atoms with Crippen LogP contribution < -0.4 is 0 Å². The van der Waals surface area contributed by atoms with Crippen molar-refractivity contribution in [2.75, 3.05) is 0 Å². The Balaban J connectivity index is 2.23. The van der Waals surface area contributed by atoms with Gasteiger partial charge >= 0.3 is 0 Å². The van der Waals surface area contributed by atoms with E-state index < -0.39 is 0 Å². The van der Waals surface area contributed by atoms with Crippen molar-refractivity contribution in [2.45, 2.75) is 18.8 Å². The van der Waals surface area contributed by atoms with Crippen molar-refractivity contribution >= 4 is 33.0 Å². The van der Waals surface area contributed by atoms with Crippen LogP contribution >= 0.6 is 27.3 Å². The van der Waals surface area contributed by atoms with Gasteiger partial charge in [0.2, 0.25) is 0 Å². The van der Waals surface area contributed by atoms with E-state index in [0.29, 0.717) is 5.78 Å². The minimum absolute atomic E-state index is 0.228.